The van der Waals surface area contributed by atoms with Crippen LogP contribution in [0.2, 0.25) is 0 Å². The van der Waals surface area contributed by atoms with E-state index in [0.717, 1.165) is 0 Å². The van der Waals surface area contributed by atoms with Gasteiger partial charge >= 0.3 is 18.1 Å². The normalized spacial score (nSPS) is 12.0. The van der Waals surface area contributed by atoms with Gasteiger partial charge in [-0.25, -0.2) is 0 Å². The van der Waals surface area contributed by atoms with Gasteiger partial charge in [0.05, 0.1) is 11.4 Å². The maximum Gasteiger partial charge on any atom is 0.750 e. The quantitative estimate of drug-likeness (QED) is 0.0336. The first-order valence-corrected chi connectivity index (χ1v) is 25.9. The van der Waals surface area contributed by atoms with Crippen LogP contribution >= 0.6 is 0 Å². The van der Waals surface area contributed by atoms with E-state index in [4.69, 9.17) is 56.3 Å². The molecule has 5 aromatic rings. The van der Waals surface area contributed by atoms with Crippen molar-refractivity contribution in [3.63, 3.8) is 0 Å². The summed E-state index contributed by atoms with van der Waals surface area (Å²) in [6, 6.07) is 30.1. The predicted molar refractivity (Wildman–Crippen MR) is 267 cm³/mol. The lowest BCUT2D eigenvalue weighted by atomic mass is 10.2. The Labute approximate surface area is 402 Å². The van der Waals surface area contributed by atoms with Gasteiger partial charge in [0.15, 0.2) is 0 Å². The molecule has 5 aromatic carbocycles. The standard InChI is InChI=1S/C50H66N4O12Si2/c1-31(2)59-67(60-32(3)4,61-33(5)6)65-47-29-43(25-27-45(47)53-49(55)37-13-17-39(51)18-14-37)57-41-21-23-42(24-22-41)58-44-26-28-46(54-50(56)38-15-19-40(52)20-16-38)48(30-44)66-68(62-34(7)8,63-35(9)10)64-36(11)12/h13-36H,51-52H2,1-12H3,(H,53,55)(H,54,56). The molecule has 0 aliphatic heterocycles. The average molecular weight is 971 g/mol. The summed E-state index contributed by atoms with van der Waals surface area (Å²) in [5.74, 6) is 1.31. The largest absolute Gasteiger partial charge is 0.750 e. The number of nitrogens with one attached hydrogen (secondary N) is 2. The van der Waals surface area contributed by atoms with Crippen molar-refractivity contribution in [3.8, 4) is 34.5 Å². The molecule has 0 atom stereocenters. The highest BCUT2D eigenvalue weighted by Gasteiger charge is 2.53. The van der Waals surface area contributed by atoms with Gasteiger partial charge in [-0.05, 0) is 180 Å². The lowest BCUT2D eigenvalue weighted by molar-refractivity contribution is -0.0476. The highest BCUT2D eigenvalue weighted by molar-refractivity contribution is 6.55. The van der Waals surface area contributed by atoms with Gasteiger partial charge in [-0.1, -0.05) is 0 Å². The Bertz CT molecular complexity index is 2190. The van der Waals surface area contributed by atoms with Crippen molar-refractivity contribution in [1.82, 2.24) is 0 Å². The number of ether oxygens (including phenoxy) is 2. The summed E-state index contributed by atoms with van der Waals surface area (Å²) in [5, 5.41) is 5.88. The van der Waals surface area contributed by atoms with Gasteiger partial charge < -0.3 is 67.0 Å². The van der Waals surface area contributed by atoms with E-state index in [1.54, 1.807) is 109 Å². The Balaban J connectivity index is 1.45. The molecule has 0 unspecified atom stereocenters. The second-order valence-electron chi connectivity index (χ2n) is 17.3. The number of benzene rings is 5. The molecule has 18 heteroatoms. The molecule has 6 N–H and O–H groups in total. The minimum Gasteiger partial charge on any atom is -0.478 e. The zero-order valence-corrected chi connectivity index (χ0v) is 42.9. The maximum absolute atomic E-state index is 13.5. The van der Waals surface area contributed by atoms with E-state index in [9.17, 15) is 9.59 Å². The first-order valence-electron chi connectivity index (χ1n) is 22.6. The predicted octanol–water partition coefficient (Wildman–Crippen LogP) is 11.1. The summed E-state index contributed by atoms with van der Waals surface area (Å²) in [5.41, 5.74) is 14.2. The van der Waals surface area contributed by atoms with Gasteiger partial charge in [-0.2, -0.15) is 0 Å². The van der Waals surface area contributed by atoms with Crippen LogP contribution in [0.5, 0.6) is 34.5 Å². The van der Waals surface area contributed by atoms with Crippen LogP contribution in [0.4, 0.5) is 22.7 Å². The van der Waals surface area contributed by atoms with Crippen LogP contribution in [0.3, 0.4) is 0 Å². The topological polar surface area (TPSA) is 203 Å². The molecule has 0 aromatic heterocycles. The van der Waals surface area contributed by atoms with Crippen LogP contribution in [0.15, 0.2) is 109 Å². The first-order chi connectivity index (χ1) is 32.1. The van der Waals surface area contributed by atoms with E-state index in [2.05, 4.69) is 10.6 Å². The SMILES string of the molecule is CC(C)O[Si](Oc1cc(Oc2ccc(Oc3ccc(NC(=O)c4ccc(N)cc4)c(O[Si](OC(C)C)(OC(C)C)OC(C)C)c3)cc2)ccc1NC(=O)c1ccc(N)cc1)(OC(C)C)OC(C)C. The van der Waals surface area contributed by atoms with Crippen molar-refractivity contribution in [2.75, 3.05) is 22.1 Å². The Morgan fingerprint density at radius 1 is 0.397 bits per heavy atom. The zero-order valence-electron chi connectivity index (χ0n) is 40.9. The van der Waals surface area contributed by atoms with E-state index in [0.29, 0.717) is 56.9 Å². The first kappa shape index (κ1) is 53.0. The summed E-state index contributed by atoms with van der Waals surface area (Å²) >= 11 is 0. The molecule has 0 spiro atoms. The molecule has 0 fully saturated rings. The van der Waals surface area contributed by atoms with E-state index < -0.39 is 18.1 Å². The minimum absolute atomic E-state index is 0.203. The lowest BCUT2D eigenvalue weighted by Gasteiger charge is -2.33. The minimum atomic E-state index is -3.92. The number of rotatable bonds is 24. The van der Waals surface area contributed by atoms with Crippen molar-refractivity contribution in [3.05, 3.63) is 120 Å². The number of amides is 2. The monoisotopic (exact) mass is 970 g/mol. The molecule has 5 rings (SSSR count). The van der Waals surface area contributed by atoms with Gasteiger partial charge in [0, 0.05) is 71.3 Å². The van der Waals surface area contributed by atoms with Crippen molar-refractivity contribution < 1.29 is 54.5 Å². The van der Waals surface area contributed by atoms with Crippen molar-refractivity contribution in [2.45, 2.75) is 120 Å². The third kappa shape index (κ3) is 16.1. The average Bonchev–Trinajstić information content (AvgIpc) is 3.22. The third-order valence-corrected chi connectivity index (χ3v) is 14.3. The smallest absolute Gasteiger partial charge is 0.478 e. The molecule has 0 bridgehead atoms. The fourth-order valence-corrected chi connectivity index (χ4v) is 11.3. The number of hydrogen-bond donors (Lipinski definition) is 4. The molecule has 0 heterocycles. The maximum atomic E-state index is 13.5. The second kappa shape index (κ2) is 23.9. The summed E-state index contributed by atoms with van der Waals surface area (Å²) in [7, 11) is -7.83. The molecule has 0 aliphatic rings. The van der Waals surface area contributed by atoms with Crippen molar-refractivity contribution in [2.24, 2.45) is 0 Å². The van der Waals surface area contributed by atoms with Crippen LogP contribution in [0.25, 0.3) is 0 Å². The molecule has 0 saturated carbocycles. The number of carbonyl (C=O) groups is 2. The number of nitrogens with two attached hydrogens (primary N) is 2. The van der Waals surface area contributed by atoms with Crippen LogP contribution in [0, 0.1) is 0 Å². The molecule has 0 saturated heterocycles. The Hall–Kier alpha value is -5.97. The highest BCUT2D eigenvalue weighted by Crippen LogP contribution is 2.38. The fourth-order valence-electron chi connectivity index (χ4n) is 6.33. The molecule has 0 aliphatic carbocycles. The van der Waals surface area contributed by atoms with Crippen LogP contribution in [-0.4, -0.2) is 66.5 Å². The van der Waals surface area contributed by atoms with E-state index in [1.807, 2.05) is 83.1 Å². The van der Waals surface area contributed by atoms with Crippen molar-refractivity contribution in [1.29, 1.82) is 0 Å². The third-order valence-electron chi connectivity index (χ3n) is 8.79. The van der Waals surface area contributed by atoms with Gasteiger partial charge in [0.1, 0.15) is 34.5 Å². The number of carbonyl (C=O) groups excluding carboxylic acids is 2. The highest BCUT2D eigenvalue weighted by atomic mass is 28.4. The molecule has 366 valence electrons. The molecule has 2 amide bonds. The Morgan fingerprint density at radius 2 is 0.662 bits per heavy atom. The van der Waals surface area contributed by atoms with Crippen LogP contribution < -0.4 is 40.4 Å². The molecular formula is C50H66N4O12Si2. The fraction of sp³-hybridized carbons (Fsp3) is 0.360. The Morgan fingerprint density at radius 3 is 0.926 bits per heavy atom. The van der Waals surface area contributed by atoms with Gasteiger partial charge in [-0.3, -0.25) is 9.59 Å². The molecule has 68 heavy (non-hydrogen) atoms. The summed E-state index contributed by atoms with van der Waals surface area (Å²) in [6.07, 6.45) is -1.93. The van der Waals surface area contributed by atoms with Crippen LogP contribution in [-0.2, 0) is 26.6 Å². The summed E-state index contributed by atoms with van der Waals surface area (Å²) in [6.45, 7) is 22.4. The van der Waals surface area contributed by atoms with E-state index in [-0.39, 0.29) is 59.9 Å². The summed E-state index contributed by atoms with van der Waals surface area (Å²) in [4.78, 5) is 26.9. The number of nitrogen functional groups attached to an aromatic ring is 2. The number of anilines is 4. The van der Waals surface area contributed by atoms with Gasteiger partial charge in [0.25, 0.3) is 11.8 Å². The van der Waals surface area contributed by atoms with E-state index >= 15 is 0 Å². The van der Waals surface area contributed by atoms with E-state index in [1.165, 1.54) is 0 Å². The molecule has 0 radical (unpaired) electrons. The molecular weight excluding hydrogens is 905 g/mol. The molecule has 16 nitrogen and oxygen atoms in total. The lowest BCUT2D eigenvalue weighted by Crippen LogP contribution is -2.56. The van der Waals surface area contributed by atoms with Gasteiger partial charge in [-0.15, -0.1) is 0 Å². The second-order valence-corrected chi connectivity index (χ2v) is 21.2. The van der Waals surface area contributed by atoms with Gasteiger partial charge in [0.2, 0.25) is 0 Å². The van der Waals surface area contributed by atoms with Crippen molar-refractivity contribution >= 4 is 52.7 Å². The van der Waals surface area contributed by atoms with Crippen LogP contribution in [0.1, 0.15) is 104 Å². The zero-order chi connectivity index (χ0) is 49.8. The number of hydrogen-bond acceptors (Lipinski definition) is 14. The summed E-state index contributed by atoms with van der Waals surface area (Å²) < 4.78 is 63.7. The Kier molecular flexibility index (Phi) is 18.6.